The molecule has 0 bridgehead atoms. The first-order valence-corrected chi connectivity index (χ1v) is 11.7. The highest BCUT2D eigenvalue weighted by Crippen LogP contribution is 2.27. The van der Waals surface area contributed by atoms with Crippen LogP contribution in [0.2, 0.25) is 0 Å². The van der Waals surface area contributed by atoms with Crippen LogP contribution < -0.4 is 10.6 Å². The summed E-state index contributed by atoms with van der Waals surface area (Å²) in [6.07, 6.45) is 1.57. The van der Waals surface area contributed by atoms with Crippen molar-refractivity contribution in [3.63, 3.8) is 0 Å². The molecule has 7 heteroatoms. The summed E-state index contributed by atoms with van der Waals surface area (Å²) in [7, 11) is 0. The van der Waals surface area contributed by atoms with E-state index >= 15 is 0 Å². The van der Waals surface area contributed by atoms with Gasteiger partial charge in [0.05, 0.1) is 17.8 Å². The summed E-state index contributed by atoms with van der Waals surface area (Å²) < 4.78 is 3.05. The van der Waals surface area contributed by atoms with Crippen LogP contribution in [0.3, 0.4) is 0 Å². The predicted octanol–water partition coefficient (Wildman–Crippen LogP) is 3.70. The summed E-state index contributed by atoms with van der Waals surface area (Å²) >= 11 is 0. The molecule has 1 fully saturated rings. The molecule has 174 valence electrons. The van der Waals surface area contributed by atoms with Gasteiger partial charge < -0.3 is 4.90 Å². The van der Waals surface area contributed by atoms with E-state index in [-0.39, 0.29) is 29.5 Å². The Hall–Kier alpha value is -3.19. The minimum Gasteiger partial charge on any atom is -0.369 e. The van der Waals surface area contributed by atoms with Gasteiger partial charge in [-0.1, -0.05) is 44.2 Å². The highest BCUT2D eigenvalue weighted by atomic mass is 16.2. The Bertz CT molecular complexity index is 1120. The van der Waals surface area contributed by atoms with E-state index in [4.69, 9.17) is 0 Å². The molecular formula is C26H33N5O2. The first kappa shape index (κ1) is 23.0. The van der Waals surface area contributed by atoms with Crippen molar-refractivity contribution in [3.8, 4) is 5.69 Å². The largest absolute Gasteiger partial charge is 0.369 e. The van der Waals surface area contributed by atoms with Crippen molar-refractivity contribution in [1.29, 1.82) is 0 Å². The quantitative estimate of drug-likeness (QED) is 0.553. The van der Waals surface area contributed by atoms with E-state index in [1.165, 1.54) is 4.68 Å². The van der Waals surface area contributed by atoms with Crippen molar-refractivity contribution in [1.82, 2.24) is 19.2 Å². The number of hydrogen-bond acceptors (Lipinski definition) is 5. The molecule has 0 aliphatic carbocycles. The highest BCUT2D eigenvalue weighted by Gasteiger charge is 2.31. The lowest BCUT2D eigenvalue weighted by molar-refractivity contribution is -0.127. The van der Waals surface area contributed by atoms with Gasteiger partial charge in [-0.25, -0.2) is 14.0 Å². The van der Waals surface area contributed by atoms with Gasteiger partial charge in [-0.05, 0) is 43.7 Å². The zero-order valence-electron chi connectivity index (χ0n) is 19.9. The maximum atomic E-state index is 13.0. The molecule has 1 aliphatic heterocycles. The number of nitrogens with zero attached hydrogens (tertiary/aromatic N) is 5. The molecule has 1 saturated heterocycles. The van der Waals surface area contributed by atoms with Crippen molar-refractivity contribution in [3.05, 3.63) is 77.0 Å². The molecule has 0 amide bonds. The van der Waals surface area contributed by atoms with Gasteiger partial charge in [-0.15, -0.1) is 0 Å². The number of benzene rings is 2. The maximum absolute atomic E-state index is 13.0. The maximum Gasteiger partial charge on any atom is 0.350 e. The smallest absolute Gasteiger partial charge is 0.350 e. The Morgan fingerprint density at radius 2 is 1.45 bits per heavy atom. The Morgan fingerprint density at radius 1 is 0.848 bits per heavy atom. The fourth-order valence-electron chi connectivity index (χ4n) is 4.42. The lowest BCUT2D eigenvalue weighted by Gasteiger charge is -2.40. The molecule has 7 nitrogen and oxygen atoms in total. The molecule has 1 unspecified atom stereocenters. The van der Waals surface area contributed by atoms with Crippen LogP contribution in [0.4, 0.5) is 5.69 Å². The van der Waals surface area contributed by atoms with E-state index in [2.05, 4.69) is 39.2 Å². The molecule has 4 rings (SSSR count). The van der Waals surface area contributed by atoms with Crippen LogP contribution in [0.25, 0.3) is 5.69 Å². The van der Waals surface area contributed by atoms with Gasteiger partial charge >= 0.3 is 5.69 Å². The monoisotopic (exact) mass is 447 g/mol. The average Bonchev–Trinajstić information content (AvgIpc) is 3.22. The first-order valence-electron chi connectivity index (χ1n) is 11.7. The van der Waals surface area contributed by atoms with Crippen molar-refractivity contribution in [2.24, 2.45) is 5.92 Å². The number of carbonyl (C=O) groups excluding carboxylic acids is 1. The van der Waals surface area contributed by atoms with E-state index in [1.54, 1.807) is 10.9 Å². The number of ketones is 1. The van der Waals surface area contributed by atoms with Crippen molar-refractivity contribution < 1.29 is 4.79 Å². The minimum absolute atomic E-state index is 0.00997. The second-order valence-corrected chi connectivity index (χ2v) is 9.23. The Kier molecular flexibility index (Phi) is 6.79. The number of aromatic nitrogens is 3. The van der Waals surface area contributed by atoms with Gasteiger partial charge in [0.15, 0.2) is 5.78 Å². The van der Waals surface area contributed by atoms with E-state index < -0.39 is 0 Å². The number of anilines is 1. The number of Topliss-reactive ketones (excluding diaryl/α,β-unsaturated/α-hetero) is 1. The summed E-state index contributed by atoms with van der Waals surface area (Å²) in [5.41, 5.74) is 2.87. The third kappa shape index (κ3) is 4.78. The molecular weight excluding hydrogens is 414 g/mol. The van der Waals surface area contributed by atoms with Crippen molar-refractivity contribution in [2.45, 2.75) is 39.8 Å². The summed E-state index contributed by atoms with van der Waals surface area (Å²) in [6, 6.07) is 18.0. The van der Waals surface area contributed by atoms with Gasteiger partial charge in [0, 0.05) is 37.8 Å². The number of hydrogen-bond donors (Lipinski definition) is 0. The van der Waals surface area contributed by atoms with Gasteiger partial charge in [0.1, 0.15) is 6.33 Å². The second-order valence-electron chi connectivity index (χ2n) is 9.23. The van der Waals surface area contributed by atoms with Crippen LogP contribution in [0.15, 0.2) is 65.7 Å². The zero-order valence-corrected chi connectivity index (χ0v) is 19.9. The van der Waals surface area contributed by atoms with Crippen LogP contribution in [0.5, 0.6) is 0 Å². The Morgan fingerprint density at radius 3 is 2.00 bits per heavy atom. The third-order valence-corrected chi connectivity index (χ3v) is 6.31. The number of carbonyl (C=O) groups is 1. The predicted molar refractivity (Wildman–Crippen MR) is 131 cm³/mol. The van der Waals surface area contributed by atoms with Crippen LogP contribution in [0.1, 0.15) is 45.3 Å². The fourth-order valence-corrected chi connectivity index (χ4v) is 4.42. The minimum atomic E-state index is -0.194. The molecule has 1 atom stereocenters. The van der Waals surface area contributed by atoms with Gasteiger partial charge in [0.2, 0.25) is 0 Å². The number of rotatable bonds is 7. The SMILES string of the molecule is CC(C)C(=O)C(c1ccccc1)N1CCN(c2ccc(-n3cnn(C(C)C)c3=O)cc2)CC1. The molecule has 2 heterocycles. The van der Waals surface area contributed by atoms with Gasteiger partial charge in [-0.2, -0.15) is 5.10 Å². The Labute approximate surface area is 195 Å². The summed E-state index contributed by atoms with van der Waals surface area (Å²) in [6.45, 7) is 11.2. The van der Waals surface area contributed by atoms with Crippen LogP contribution in [-0.2, 0) is 4.79 Å². The first-order chi connectivity index (χ1) is 15.9. The lowest BCUT2D eigenvalue weighted by Crippen LogP contribution is -2.49. The van der Waals surface area contributed by atoms with E-state index in [0.717, 1.165) is 43.1 Å². The molecule has 3 aromatic rings. The van der Waals surface area contributed by atoms with E-state index in [9.17, 15) is 9.59 Å². The molecule has 0 N–H and O–H groups in total. The summed E-state index contributed by atoms with van der Waals surface area (Å²) in [5.74, 6) is 0.260. The molecule has 2 aromatic carbocycles. The molecule has 0 spiro atoms. The normalized spacial score (nSPS) is 15.9. The molecule has 33 heavy (non-hydrogen) atoms. The second kappa shape index (κ2) is 9.75. The topological polar surface area (TPSA) is 63.4 Å². The van der Waals surface area contributed by atoms with Gasteiger partial charge in [-0.3, -0.25) is 9.69 Å². The van der Waals surface area contributed by atoms with E-state index in [0.29, 0.717) is 0 Å². The third-order valence-electron chi connectivity index (χ3n) is 6.31. The van der Waals surface area contributed by atoms with Crippen LogP contribution >= 0.6 is 0 Å². The molecule has 1 aliphatic rings. The molecule has 0 radical (unpaired) electrons. The lowest BCUT2D eigenvalue weighted by atomic mass is 9.93. The molecule has 0 saturated carbocycles. The fraction of sp³-hybridized carbons (Fsp3) is 0.423. The van der Waals surface area contributed by atoms with Crippen LogP contribution in [0, 0.1) is 5.92 Å². The van der Waals surface area contributed by atoms with Crippen molar-refractivity contribution >= 4 is 11.5 Å². The van der Waals surface area contributed by atoms with Gasteiger partial charge in [0.25, 0.3) is 0 Å². The van der Waals surface area contributed by atoms with Crippen molar-refractivity contribution in [2.75, 3.05) is 31.1 Å². The number of piperazine rings is 1. The molecule has 1 aromatic heterocycles. The van der Waals surface area contributed by atoms with E-state index in [1.807, 2.05) is 58.0 Å². The highest BCUT2D eigenvalue weighted by molar-refractivity contribution is 5.87. The summed E-state index contributed by atoms with van der Waals surface area (Å²) in [5, 5.41) is 4.20. The van der Waals surface area contributed by atoms with Crippen LogP contribution in [-0.4, -0.2) is 51.2 Å². The average molecular weight is 448 g/mol. The Balaban J connectivity index is 1.46. The standard InChI is InChI=1S/C26H33N5O2/c1-19(2)25(32)24(21-8-6-5-7-9-21)29-16-14-28(15-17-29)22-10-12-23(13-11-22)30-18-27-31(20(3)4)26(30)33/h5-13,18-20,24H,14-17H2,1-4H3. The zero-order chi connectivity index (χ0) is 23.5. The summed E-state index contributed by atoms with van der Waals surface area (Å²) in [4.78, 5) is 30.2.